The minimum Gasteiger partial charge on any atom is -0.338 e. The third-order valence-electron chi connectivity index (χ3n) is 2.39. The smallest absolute Gasteiger partial charge is 0.243 e. The summed E-state index contributed by atoms with van der Waals surface area (Å²) in [5, 5.41) is 3.84. The van der Waals surface area contributed by atoms with E-state index in [2.05, 4.69) is 16.7 Å². The zero-order valence-corrected chi connectivity index (χ0v) is 11.1. The fourth-order valence-corrected chi connectivity index (χ4v) is 2.25. The van der Waals surface area contributed by atoms with E-state index in [1.54, 1.807) is 12.1 Å². The van der Waals surface area contributed by atoms with Crippen LogP contribution < -0.4 is 5.73 Å². The third-order valence-corrected chi connectivity index (χ3v) is 3.38. The van der Waals surface area contributed by atoms with Crippen LogP contribution in [0.2, 0.25) is 0 Å². The molecule has 0 bridgehead atoms. The molecule has 1 unspecified atom stereocenters. The van der Waals surface area contributed by atoms with Gasteiger partial charge in [0, 0.05) is 4.90 Å². The van der Waals surface area contributed by atoms with Crippen LogP contribution in [0.25, 0.3) is 0 Å². The molecule has 0 radical (unpaired) electrons. The molecule has 0 aliphatic rings. The van der Waals surface area contributed by atoms with Gasteiger partial charge in [0.15, 0.2) is 5.82 Å². The van der Waals surface area contributed by atoms with Crippen LogP contribution in [0.15, 0.2) is 46.3 Å². The number of rotatable bonds is 6. The van der Waals surface area contributed by atoms with Crippen molar-refractivity contribution in [2.75, 3.05) is 0 Å². The number of nitrogens with two attached hydrogens (primary N) is 1. The molecule has 1 aromatic carbocycles. The number of halogens is 1. The molecule has 2 rings (SSSR count). The Kier molecular flexibility index (Phi) is 4.70. The van der Waals surface area contributed by atoms with Gasteiger partial charge in [-0.25, -0.2) is 4.39 Å². The lowest BCUT2D eigenvalue weighted by Gasteiger charge is -2.00. The molecule has 0 amide bonds. The van der Waals surface area contributed by atoms with E-state index < -0.39 is 0 Å². The molecule has 2 aromatic rings. The summed E-state index contributed by atoms with van der Waals surface area (Å²) in [7, 11) is 0. The van der Waals surface area contributed by atoms with Gasteiger partial charge in [-0.05, 0) is 24.6 Å². The molecule has 2 N–H and O–H groups in total. The molecule has 0 spiro atoms. The summed E-state index contributed by atoms with van der Waals surface area (Å²) in [5.74, 6) is 1.19. The average molecular weight is 279 g/mol. The number of aromatic nitrogens is 2. The Balaban J connectivity index is 1.95. The van der Waals surface area contributed by atoms with Crippen LogP contribution in [-0.4, -0.2) is 10.1 Å². The monoisotopic (exact) mass is 279 g/mol. The first-order chi connectivity index (χ1) is 9.19. The molecule has 1 atom stereocenters. The van der Waals surface area contributed by atoms with Crippen LogP contribution in [0.5, 0.6) is 0 Å². The first-order valence-corrected chi connectivity index (χ1v) is 6.75. The van der Waals surface area contributed by atoms with E-state index >= 15 is 0 Å². The maximum Gasteiger partial charge on any atom is 0.243 e. The predicted octanol–water partition coefficient (Wildman–Crippen LogP) is 3.08. The summed E-state index contributed by atoms with van der Waals surface area (Å²) in [6.07, 6.45) is 2.29. The van der Waals surface area contributed by atoms with Gasteiger partial charge in [0.2, 0.25) is 5.89 Å². The van der Waals surface area contributed by atoms with Crippen molar-refractivity contribution in [3.63, 3.8) is 0 Å². The van der Waals surface area contributed by atoms with Gasteiger partial charge in [-0.2, -0.15) is 4.98 Å². The number of hydrogen-bond acceptors (Lipinski definition) is 5. The lowest BCUT2D eigenvalue weighted by molar-refractivity contribution is 0.352. The Hall–Kier alpha value is -1.66. The van der Waals surface area contributed by atoms with Gasteiger partial charge in [-0.15, -0.1) is 18.3 Å². The Morgan fingerprint density at radius 3 is 3.11 bits per heavy atom. The summed E-state index contributed by atoms with van der Waals surface area (Å²) in [5.41, 5.74) is 5.82. The standard InChI is InChI=1S/C13H14FN3OS/c1-2-4-11(15)13-16-12(17-18-13)8-19-10-6-3-5-9(14)7-10/h2-3,5-7,11H,1,4,8,15H2. The van der Waals surface area contributed by atoms with Crippen molar-refractivity contribution in [1.29, 1.82) is 0 Å². The quantitative estimate of drug-likeness (QED) is 0.650. The molecule has 0 saturated heterocycles. The van der Waals surface area contributed by atoms with Gasteiger partial charge in [0.1, 0.15) is 5.82 Å². The van der Waals surface area contributed by atoms with Crippen molar-refractivity contribution in [3.05, 3.63) is 54.5 Å². The third kappa shape index (κ3) is 3.90. The Morgan fingerprint density at radius 1 is 1.53 bits per heavy atom. The van der Waals surface area contributed by atoms with Crippen molar-refractivity contribution in [1.82, 2.24) is 10.1 Å². The zero-order chi connectivity index (χ0) is 13.7. The normalized spacial score (nSPS) is 12.3. The SMILES string of the molecule is C=CCC(N)c1nc(CSc2cccc(F)c2)no1. The van der Waals surface area contributed by atoms with Gasteiger partial charge in [0.05, 0.1) is 11.8 Å². The highest BCUT2D eigenvalue weighted by atomic mass is 32.2. The van der Waals surface area contributed by atoms with Crippen molar-refractivity contribution >= 4 is 11.8 Å². The van der Waals surface area contributed by atoms with Gasteiger partial charge < -0.3 is 10.3 Å². The van der Waals surface area contributed by atoms with Crippen LogP contribution in [0.4, 0.5) is 4.39 Å². The van der Waals surface area contributed by atoms with Crippen LogP contribution in [0.3, 0.4) is 0 Å². The van der Waals surface area contributed by atoms with Crippen molar-refractivity contribution in [3.8, 4) is 0 Å². The van der Waals surface area contributed by atoms with E-state index in [9.17, 15) is 4.39 Å². The first-order valence-electron chi connectivity index (χ1n) is 5.76. The Labute approximate surface area is 114 Å². The summed E-state index contributed by atoms with van der Waals surface area (Å²) < 4.78 is 18.1. The molecule has 0 fully saturated rings. The van der Waals surface area contributed by atoms with Crippen LogP contribution in [-0.2, 0) is 5.75 Å². The fraction of sp³-hybridized carbons (Fsp3) is 0.231. The number of hydrogen-bond donors (Lipinski definition) is 1. The first kappa shape index (κ1) is 13.8. The second-order valence-corrected chi connectivity index (χ2v) is 4.97. The van der Waals surface area contributed by atoms with E-state index in [0.29, 0.717) is 23.9 Å². The molecule has 6 heteroatoms. The number of thioether (sulfide) groups is 1. The number of benzene rings is 1. The van der Waals surface area contributed by atoms with E-state index in [4.69, 9.17) is 10.3 Å². The Morgan fingerprint density at radius 2 is 2.37 bits per heavy atom. The van der Waals surface area contributed by atoms with Crippen LogP contribution >= 0.6 is 11.8 Å². The molecule has 0 saturated carbocycles. The second kappa shape index (κ2) is 6.49. The summed E-state index contributed by atoms with van der Waals surface area (Å²) in [6.45, 7) is 3.61. The highest BCUT2D eigenvalue weighted by Gasteiger charge is 2.13. The lowest BCUT2D eigenvalue weighted by atomic mass is 10.2. The summed E-state index contributed by atoms with van der Waals surface area (Å²) in [4.78, 5) is 5.02. The van der Waals surface area contributed by atoms with E-state index in [1.165, 1.54) is 23.9 Å². The van der Waals surface area contributed by atoms with Crippen molar-refractivity contribution in [2.24, 2.45) is 5.73 Å². The molecule has 1 aromatic heterocycles. The molecule has 1 heterocycles. The van der Waals surface area contributed by atoms with Crippen molar-refractivity contribution < 1.29 is 8.91 Å². The van der Waals surface area contributed by atoms with Crippen LogP contribution in [0.1, 0.15) is 24.2 Å². The molecule has 0 aliphatic heterocycles. The topological polar surface area (TPSA) is 64.9 Å². The molecule has 100 valence electrons. The number of nitrogens with zero attached hydrogens (tertiary/aromatic N) is 2. The van der Waals surface area contributed by atoms with Gasteiger partial charge in [0.25, 0.3) is 0 Å². The van der Waals surface area contributed by atoms with Gasteiger partial charge in [-0.3, -0.25) is 0 Å². The van der Waals surface area contributed by atoms with Crippen molar-refractivity contribution in [2.45, 2.75) is 23.1 Å². The van der Waals surface area contributed by atoms with Gasteiger partial charge >= 0.3 is 0 Å². The molecule has 19 heavy (non-hydrogen) atoms. The van der Waals surface area contributed by atoms with Crippen LogP contribution in [0, 0.1) is 5.82 Å². The highest BCUT2D eigenvalue weighted by Crippen LogP contribution is 2.22. The minimum absolute atomic E-state index is 0.258. The average Bonchev–Trinajstić information content (AvgIpc) is 2.86. The molecule has 4 nitrogen and oxygen atoms in total. The van der Waals surface area contributed by atoms with Gasteiger partial charge in [-0.1, -0.05) is 17.3 Å². The van der Waals surface area contributed by atoms with E-state index in [0.717, 1.165) is 4.90 Å². The second-order valence-electron chi connectivity index (χ2n) is 3.93. The van der Waals surface area contributed by atoms with E-state index in [1.807, 2.05) is 6.07 Å². The summed E-state index contributed by atoms with van der Waals surface area (Å²) in [6, 6.07) is 6.05. The van der Waals surface area contributed by atoms with E-state index in [-0.39, 0.29) is 11.9 Å². The maximum absolute atomic E-state index is 13.0. The predicted molar refractivity (Wildman–Crippen MR) is 72.0 cm³/mol. The lowest BCUT2D eigenvalue weighted by Crippen LogP contribution is -2.09. The molecular formula is C13H14FN3OS. The highest BCUT2D eigenvalue weighted by molar-refractivity contribution is 7.98. The zero-order valence-electron chi connectivity index (χ0n) is 10.3. The summed E-state index contributed by atoms with van der Waals surface area (Å²) >= 11 is 1.44. The minimum atomic E-state index is -0.321. The fourth-order valence-electron chi connectivity index (χ4n) is 1.46. The Bertz CT molecular complexity index is 558. The molecular weight excluding hydrogens is 265 g/mol. The molecule has 0 aliphatic carbocycles. The largest absolute Gasteiger partial charge is 0.338 e. The maximum atomic E-state index is 13.0.